The Morgan fingerprint density at radius 1 is 1.31 bits per heavy atom. The zero-order valence-corrected chi connectivity index (χ0v) is 18.7. The summed E-state index contributed by atoms with van der Waals surface area (Å²) in [5.41, 5.74) is 3.97. The summed E-state index contributed by atoms with van der Waals surface area (Å²) in [6, 6.07) is 0.382. The monoisotopic (exact) mass is 401 g/mol. The number of nitrogens with zero attached hydrogens (tertiary/aromatic N) is 4. The number of pyridine rings is 1. The third kappa shape index (κ3) is 4.71. The van der Waals surface area contributed by atoms with Crippen molar-refractivity contribution in [1.29, 1.82) is 0 Å². The molecule has 0 aliphatic carbocycles. The van der Waals surface area contributed by atoms with Gasteiger partial charge < -0.3 is 10.1 Å². The molecule has 2 aromatic heterocycles. The maximum absolute atomic E-state index is 12.5. The van der Waals surface area contributed by atoms with Gasteiger partial charge in [0.15, 0.2) is 5.65 Å². The van der Waals surface area contributed by atoms with Crippen molar-refractivity contribution < 1.29 is 9.53 Å². The summed E-state index contributed by atoms with van der Waals surface area (Å²) >= 11 is 0. The fraction of sp³-hybridized carbons (Fsp3) is 0.682. The number of hydrogen-bond donors (Lipinski definition) is 1. The van der Waals surface area contributed by atoms with Crippen LogP contribution < -0.4 is 10.1 Å². The molecule has 0 radical (unpaired) electrons. The number of aryl methyl sites for hydroxylation is 3. The number of hydrogen-bond acceptors (Lipinski definition) is 5. The van der Waals surface area contributed by atoms with Gasteiger partial charge in [0.25, 0.3) is 0 Å². The molecule has 0 bridgehead atoms. The van der Waals surface area contributed by atoms with E-state index in [0.29, 0.717) is 31.3 Å². The molecule has 1 amide bonds. The molecule has 1 atom stereocenters. The average Bonchev–Trinajstić information content (AvgIpc) is 3.02. The fourth-order valence-corrected chi connectivity index (χ4v) is 4.29. The zero-order chi connectivity index (χ0) is 21.1. The molecule has 1 aliphatic heterocycles. The maximum atomic E-state index is 12.5. The topological polar surface area (TPSA) is 72.3 Å². The molecule has 0 spiro atoms. The molecule has 3 rings (SSSR count). The molecular formula is C22H35N5O2. The van der Waals surface area contributed by atoms with Crippen LogP contribution in [0.5, 0.6) is 5.88 Å². The van der Waals surface area contributed by atoms with Crippen LogP contribution in [-0.2, 0) is 18.3 Å². The molecule has 2 aromatic rings. The average molecular weight is 402 g/mol. The van der Waals surface area contributed by atoms with Gasteiger partial charge in [0.2, 0.25) is 11.8 Å². The number of ether oxygens (including phenoxy) is 1. The Bertz CT molecular complexity index is 868. The quantitative estimate of drug-likeness (QED) is 0.772. The van der Waals surface area contributed by atoms with Crippen molar-refractivity contribution in [1.82, 2.24) is 25.0 Å². The lowest BCUT2D eigenvalue weighted by Crippen LogP contribution is -2.45. The van der Waals surface area contributed by atoms with E-state index in [1.54, 1.807) is 11.8 Å². The first-order valence-corrected chi connectivity index (χ1v) is 10.7. The summed E-state index contributed by atoms with van der Waals surface area (Å²) in [5, 5.41) is 8.45. The van der Waals surface area contributed by atoms with E-state index in [4.69, 9.17) is 9.72 Å². The van der Waals surface area contributed by atoms with E-state index in [0.717, 1.165) is 46.9 Å². The molecule has 3 heterocycles. The lowest BCUT2D eigenvalue weighted by atomic mass is 9.98. The summed E-state index contributed by atoms with van der Waals surface area (Å²) in [7, 11) is 3.49. The van der Waals surface area contributed by atoms with Crippen LogP contribution >= 0.6 is 0 Å². The number of likely N-dealkylation sites (tertiary alicyclic amines) is 1. The van der Waals surface area contributed by atoms with Crippen LogP contribution in [0, 0.1) is 19.8 Å². The van der Waals surface area contributed by atoms with Crippen LogP contribution in [0.1, 0.15) is 49.9 Å². The molecule has 160 valence electrons. The molecule has 1 unspecified atom stereocenters. The highest BCUT2D eigenvalue weighted by Gasteiger charge is 2.21. The van der Waals surface area contributed by atoms with Gasteiger partial charge in [-0.05, 0) is 70.2 Å². The normalized spacial score (nSPS) is 16.9. The first-order chi connectivity index (χ1) is 13.8. The SMILES string of the molecule is COc1nn(C)c2nc(C)c(CCC(=O)NCC(C)N3CCC(C)CC3)c(C)c12. The van der Waals surface area contributed by atoms with Gasteiger partial charge >= 0.3 is 0 Å². The first-order valence-electron chi connectivity index (χ1n) is 10.7. The summed E-state index contributed by atoms with van der Waals surface area (Å²) in [5.74, 6) is 1.51. The highest BCUT2D eigenvalue weighted by atomic mass is 16.5. The van der Waals surface area contributed by atoms with Gasteiger partial charge in [0.1, 0.15) is 0 Å². The van der Waals surface area contributed by atoms with E-state index in [-0.39, 0.29) is 5.91 Å². The second-order valence-electron chi connectivity index (χ2n) is 8.50. The van der Waals surface area contributed by atoms with Crippen LogP contribution in [0.3, 0.4) is 0 Å². The number of nitrogens with one attached hydrogen (secondary N) is 1. The highest BCUT2D eigenvalue weighted by molar-refractivity contribution is 5.86. The number of piperidine rings is 1. The van der Waals surface area contributed by atoms with Gasteiger partial charge in [-0.25, -0.2) is 9.67 Å². The van der Waals surface area contributed by atoms with Crippen molar-refractivity contribution in [3.05, 3.63) is 16.8 Å². The minimum absolute atomic E-state index is 0.0966. The van der Waals surface area contributed by atoms with Crippen molar-refractivity contribution in [3.63, 3.8) is 0 Å². The molecule has 1 N–H and O–H groups in total. The summed E-state index contributed by atoms with van der Waals surface area (Å²) in [6.45, 7) is 11.6. The molecule has 7 nitrogen and oxygen atoms in total. The Kier molecular flexibility index (Phi) is 6.77. The Labute approximate surface area is 173 Å². The number of fused-ring (bicyclic) bond motifs is 1. The Morgan fingerprint density at radius 2 is 2.00 bits per heavy atom. The predicted molar refractivity (Wildman–Crippen MR) is 115 cm³/mol. The number of amides is 1. The van der Waals surface area contributed by atoms with E-state index >= 15 is 0 Å². The van der Waals surface area contributed by atoms with Gasteiger partial charge in [-0.3, -0.25) is 9.69 Å². The summed E-state index contributed by atoms with van der Waals surface area (Å²) in [6.07, 6.45) is 3.63. The predicted octanol–water partition coefficient (Wildman–Crippen LogP) is 2.76. The van der Waals surface area contributed by atoms with Crippen LogP contribution in [0.4, 0.5) is 0 Å². The van der Waals surface area contributed by atoms with Crippen LogP contribution in [-0.4, -0.2) is 58.4 Å². The Hall–Kier alpha value is -2.15. The lowest BCUT2D eigenvalue weighted by Gasteiger charge is -2.35. The standard InChI is InChI=1S/C22H35N5O2/c1-14-9-11-27(12-10-14)15(2)13-23-19(28)8-7-18-16(3)20-21(24-17(18)4)26(5)25-22(20)29-6/h14-15H,7-13H2,1-6H3,(H,23,28). The van der Waals surface area contributed by atoms with Crippen LogP contribution in [0.15, 0.2) is 0 Å². The first kappa shape index (κ1) is 21.6. The van der Waals surface area contributed by atoms with Crippen LogP contribution in [0.25, 0.3) is 11.0 Å². The van der Waals surface area contributed by atoms with E-state index < -0.39 is 0 Å². The Balaban J connectivity index is 1.59. The molecule has 1 saturated heterocycles. The minimum Gasteiger partial charge on any atom is -0.479 e. The van der Waals surface area contributed by atoms with Gasteiger partial charge in [0, 0.05) is 31.7 Å². The van der Waals surface area contributed by atoms with Crippen LogP contribution in [0.2, 0.25) is 0 Å². The summed E-state index contributed by atoms with van der Waals surface area (Å²) in [4.78, 5) is 19.7. The van der Waals surface area contributed by atoms with E-state index in [1.807, 2.05) is 14.0 Å². The fourth-order valence-electron chi connectivity index (χ4n) is 4.29. The summed E-state index contributed by atoms with van der Waals surface area (Å²) < 4.78 is 7.17. The second kappa shape index (κ2) is 9.11. The number of carbonyl (C=O) groups excluding carboxylic acids is 1. The smallest absolute Gasteiger partial charge is 0.242 e. The number of methoxy groups -OCH3 is 1. The molecule has 29 heavy (non-hydrogen) atoms. The highest BCUT2D eigenvalue weighted by Crippen LogP contribution is 2.30. The molecule has 1 fully saturated rings. The van der Waals surface area contributed by atoms with Gasteiger partial charge in [-0.15, -0.1) is 5.10 Å². The van der Waals surface area contributed by atoms with Gasteiger partial charge in [-0.1, -0.05) is 6.92 Å². The van der Waals surface area contributed by atoms with E-state index in [2.05, 4.69) is 36.1 Å². The lowest BCUT2D eigenvalue weighted by molar-refractivity contribution is -0.121. The van der Waals surface area contributed by atoms with Crippen molar-refractivity contribution in [2.45, 2.75) is 59.4 Å². The molecule has 0 saturated carbocycles. The molecule has 1 aliphatic rings. The number of carbonyl (C=O) groups is 1. The second-order valence-corrected chi connectivity index (χ2v) is 8.50. The Morgan fingerprint density at radius 3 is 2.66 bits per heavy atom. The zero-order valence-electron chi connectivity index (χ0n) is 18.7. The van der Waals surface area contributed by atoms with Crippen molar-refractivity contribution in [2.75, 3.05) is 26.7 Å². The van der Waals surface area contributed by atoms with Crippen molar-refractivity contribution in [2.24, 2.45) is 13.0 Å². The number of aromatic nitrogens is 3. The van der Waals surface area contributed by atoms with Crippen molar-refractivity contribution in [3.8, 4) is 5.88 Å². The molecule has 0 aromatic carbocycles. The molecular weight excluding hydrogens is 366 g/mol. The maximum Gasteiger partial charge on any atom is 0.242 e. The van der Waals surface area contributed by atoms with Gasteiger partial charge in [-0.2, -0.15) is 0 Å². The number of rotatable bonds is 7. The van der Waals surface area contributed by atoms with E-state index in [9.17, 15) is 4.79 Å². The minimum atomic E-state index is 0.0966. The van der Waals surface area contributed by atoms with E-state index in [1.165, 1.54) is 12.8 Å². The largest absolute Gasteiger partial charge is 0.479 e. The third-order valence-corrected chi connectivity index (χ3v) is 6.35. The van der Waals surface area contributed by atoms with Crippen molar-refractivity contribution >= 4 is 16.9 Å². The third-order valence-electron chi connectivity index (χ3n) is 6.35. The van der Waals surface area contributed by atoms with Gasteiger partial charge in [0.05, 0.1) is 12.5 Å². The molecule has 7 heteroatoms.